The average Bonchev–Trinajstić information content (AvgIpc) is 2.72. The number of carbonyl (C=O) groups excluding carboxylic acids is 1. The Kier molecular flexibility index (Phi) is 5.46. The van der Waals surface area contributed by atoms with Gasteiger partial charge in [-0.25, -0.2) is 14.8 Å². The molecule has 0 amide bonds. The summed E-state index contributed by atoms with van der Waals surface area (Å²) < 4.78 is 4.69. The van der Waals surface area contributed by atoms with Gasteiger partial charge >= 0.3 is 5.97 Å². The van der Waals surface area contributed by atoms with E-state index in [0.717, 1.165) is 44.1 Å². The summed E-state index contributed by atoms with van der Waals surface area (Å²) in [5.41, 5.74) is 0.747. The molecule has 1 aliphatic rings. The van der Waals surface area contributed by atoms with Gasteiger partial charge in [0.15, 0.2) is 0 Å². The van der Waals surface area contributed by atoms with E-state index in [4.69, 9.17) is 5.11 Å². The molecule has 21 heavy (non-hydrogen) atoms. The predicted molar refractivity (Wildman–Crippen MR) is 78.5 cm³/mol. The van der Waals surface area contributed by atoms with Gasteiger partial charge in [-0.3, -0.25) is 4.90 Å². The molecule has 0 spiro atoms. The molecule has 0 atom stereocenters. The van der Waals surface area contributed by atoms with E-state index in [1.165, 1.54) is 7.11 Å². The van der Waals surface area contributed by atoms with Crippen molar-refractivity contribution >= 4 is 11.8 Å². The number of carbonyl (C=O) groups is 1. The molecule has 116 valence electrons. The highest BCUT2D eigenvalue weighted by Gasteiger charge is 2.18. The maximum atomic E-state index is 11.6. The van der Waals surface area contributed by atoms with Crippen molar-refractivity contribution in [1.29, 1.82) is 0 Å². The summed E-state index contributed by atoms with van der Waals surface area (Å²) in [6.45, 7) is 6.24. The standard InChI is InChI=1S/C14H22N4O3/c1-11-10-12(16-13(15-11)14(20)21-2)18-5-3-4-17(6-7-18)8-9-19/h10,19H,3-9H2,1-2H3. The van der Waals surface area contributed by atoms with Gasteiger partial charge in [-0.1, -0.05) is 0 Å². The van der Waals surface area contributed by atoms with E-state index in [1.54, 1.807) is 0 Å². The first-order valence-electron chi connectivity index (χ1n) is 7.16. The maximum absolute atomic E-state index is 11.6. The number of hydrogen-bond donors (Lipinski definition) is 1. The van der Waals surface area contributed by atoms with Crippen LogP contribution in [0.1, 0.15) is 22.7 Å². The molecule has 0 unspecified atom stereocenters. The molecule has 2 heterocycles. The highest BCUT2D eigenvalue weighted by Crippen LogP contribution is 2.15. The average molecular weight is 294 g/mol. The number of aromatic nitrogens is 2. The number of ether oxygens (including phenoxy) is 1. The van der Waals surface area contributed by atoms with Crippen LogP contribution in [0.15, 0.2) is 6.07 Å². The third-order valence-corrected chi connectivity index (χ3v) is 3.54. The number of aliphatic hydroxyl groups is 1. The fourth-order valence-corrected chi connectivity index (χ4v) is 2.46. The summed E-state index contributed by atoms with van der Waals surface area (Å²) in [6.07, 6.45) is 0.997. The molecule has 2 rings (SSSR count). The topological polar surface area (TPSA) is 78.8 Å². The molecule has 1 saturated heterocycles. The Hall–Kier alpha value is -1.73. The zero-order valence-electron chi connectivity index (χ0n) is 12.6. The van der Waals surface area contributed by atoms with Crippen LogP contribution in [-0.2, 0) is 4.74 Å². The molecule has 1 N–H and O–H groups in total. The summed E-state index contributed by atoms with van der Waals surface area (Å²) >= 11 is 0. The first-order chi connectivity index (χ1) is 10.1. The van der Waals surface area contributed by atoms with Crippen LogP contribution in [0.25, 0.3) is 0 Å². The number of anilines is 1. The van der Waals surface area contributed by atoms with Gasteiger partial charge in [0.1, 0.15) is 5.82 Å². The number of aliphatic hydroxyl groups excluding tert-OH is 1. The number of nitrogens with zero attached hydrogens (tertiary/aromatic N) is 4. The number of rotatable bonds is 4. The number of β-amino-alcohol motifs (C(OH)–C–C–N with tert-alkyl or cyclic N) is 1. The van der Waals surface area contributed by atoms with Gasteiger partial charge in [-0.05, 0) is 19.9 Å². The molecule has 0 radical (unpaired) electrons. The molecule has 0 bridgehead atoms. The van der Waals surface area contributed by atoms with Gasteiger partial charge in [0.25, 0.3) is 0 Å². The third-order valence-electron chi connectivity index (χ3n) is 3.54. The Morgan fingerprint density at radius 3 is 2.86 bits per heavy atom. The SMILES string of the molecule is COC(=O)c1nc(C)cc(N2CCCN(CCO)CC2)n1. The monoisotopic (exact) mass is 294 g/mol. The van der Waals surface area contributed by atoms with E-state index in [0.29, 0.717) is 6.54 Å². The molecule has 1 fully saturated rings. The van der Waals surface area contributed by atoms with Gasteiger partial charge in [0.2, 0.25) is 5.82 Å². The van der Waals surface area contributed by atoms with Crippen molar-refractivity contribution in [1.82, 2.24) is 14.9 Å². The van der Waals surface area contributed by atoms with Gasteiger partial charge in [0, 0.05) is 37.9 Å². The second kappa shape index (κ2) is 7.33. The number of methoxy groups -OCH3 is 1. The minimum Gasteiger partial charge on any atom is -0.463 e. The summed E-state index contributed by atoms with van der Waals surface area (Å²) in [6, 6.07) is 1.88. The minimum atomic E-state index is -0.517. The van der Waals surface area contributed by atoms with Crippen LogP contribution >= 0.6 is 0 Å². The highest BCUT2D eigenvalue weighted by molar-refractivity contribution is 5.85. The van der Waals surface area contributed by atoms with Crippen molar-refractivity contribution in [3.8, 4) is 0 Å². The third kappa shape index (κ3) is 4.12. The van der Waals surface area contributed by atoms with Gasteiger partial charge in [-0.2, -0.15) is 0 Å². The van der Waals surface area contributed by atoms with Crippen molar-refractivity contribution in [3.05, 3.63) is 17.6 Å². The lowest BCUT2D eigenvalue weighted by molar-refractivity contribution is 0.0586. The van der Waals surface area contributed by atoms with Crippen LogP contribution in [0.2, 0.25) is 0 Å². The highest BCUT2D eigenvalue weighted by atomic mass is 16.5. The Morgan fingerprint density at radius 2 is 2.14 bits per heavy atom. The normalized spacial score (nSPS) is 16.6. The summed E-state index contributed by atoms with van der Waals surface area (Å²) in [4.78, 5) is 24.4. The first kappa shape index (κ1) is 15.7. The lowest BCUT2D eigenvalue weighted by atomic mass is 10.3. The summed E-state index contributed by atoms with van der Waals surface area (Å²) in [7, 11) is 1.33. The predicted octanol–water partition coefficient (Wildman–Crippen LogP) is 0.0760. The first-order valence-corrected chi connectivity index (χ1v) is 7.16. The summed E-state index contributed by atoms with van der Waals surface area (Å²) in [5, 5.41) is 9.03. The molecule has 1 aliphatic heterocycles. The van der Waals surface area contributed by atoms with Crippen molar-refractivity contribution in [3.63, 3.8) is 0 Å². The fraction of sp³-hybridized carbons (Fsp3) is 0.643. The van der Waals surface area contributed by atoms with E-state index in [1.807, 2.05) is 13.0 Å². The van der Waals surface area contributed by atoms with Crippen LogP contribution in [0.4, 0.5) is 5.82 Å². The lowest BCUT2D eigenvalue weighted by Gasteiger charge is -2.22. The zero-order chi connectivity index (χ0) is 15.2. The molecular weight excluding hydrogens is 272 g/mol. The number of aryl methyl sites for hydroxylation is 1. The molecular formula is C14H22N4O3. The Balaban J connectivity index is 2.14. The van der Waals surface area contributed by atoms with E-state index >= 15 is 0 Å². The zero-order valence-corrected chi connectivity index (χ0v) is 12.6. The van der Waals surface area contributed by atoms with E-state index < -0.39 is 5.97 Å². The number of esters is 1. The minimum absolute atomic E-state index is 0.101. The Bertz CT molecular complexity index is 495. The van der Waals surface area contributed by atoms with Crippen molar-refractivity contribution < 1.29 is 14.6 Å². The molecule has 0 saturated carbocycles. The van der Waals surface area contributed by atoms with Crippen molar-refractivity contribution in [2.75, 3.05) is 51.3 Å². The summed E-state index contributed by atoms with van der Waals surface area (Å²) in [5.74, 6) is 0.342. The van der Waals surface area contributed by atoms with Crippen LogP contribution in [0.3, 0.4) is 0 Å². The van der Waals surface area contributed by atoms with Crippen LogP contribution in [-0.4, -0.2) is 72.4 Å². The molecule has 0 aromatic carbocycles. The van der Waals surface area contributed by atoms with Gasteiger partial charge < -0.3 is 14.7 Å². The van der Waals surface area contributed by atoms with Gasteiger partial charge in [-0.15, -0.1) is 0 Å². The van der Waals surface area contributed by atoms with Gasteiger partial charge in [0.05, 0.1) is 13.7 Å². The quantitative estimate of drug-likeness (QED) is 0.788. The second-order valence-corrected chi connectivity index (χ2v) is 5.09. The van der Waals surface area contributed by atoms with E-state index in [9.17, 15) is 4.79 Å². The Labute approximate surface area is 124 Å². The second-order valence-electron chi connectivity index (χ2n) is 5.09. The fourth-order valence-electron chi connectivity index (χ4n) is 2.46. The largest absolute Gasteiger partial charge is 0.463 e. The maximum Gasteiger partial charge on any atom is 0.376 e. The van der Waals surface area contributed by atoms with Crippen LogP contribution < -0.4 is 4.90 Å². The molecule has 0 aliphatic carbocycles. The molecule has 1 aromatic rings. The van der Waals surface area contributed by atoms with Crippen LogP contribution in [0.5, 0.6) is 0 Å². The van der Waals surface area contributed by atoms with Crippen molar-refractivity contribution in [2.24, 2.45) is 0 Å². The molecule has 1 aromatic heterocycles. The van der Waals surface area contributed by atoms with E-state index in [-0.39, 0.29) is 12.4 Å². The van der Waals surface area contributed by atoms with Crippen LogP contribution in [0, 0.1) is 6.92 Å². The molecule has 7 heteroatoms. The number of hydrogen-bond acceptors (Lipinski definition) is 7. The van der Waals surface area contributed by atoms with Crippen molar-refractivity contribution in [2.45, 2.75) is 13.3 Å². The molecule has 7 nitrogen and oxygen atoms in total. The Morgan fingerprint density at radius 1 is 1.33 bits per heavy atom. The smallest absolute Gasteiger partial charge is 0.376 e. The lowest BCUT2D eigenvalue weighted by Crippen LogP contribution is -2.33. The van der Waals surface area contributed by atoms with E-state index in [2.05, 4.69) is 24.5 Å².